The fraction of sp³-hybridized carbons (Fsp3) is 0.417. The zero-order valence-corrected chi connectivity index (χ0v) is 16.6. The molecule has 0 aliphatic heterocycles. The second-order valence-electron chi connectivity index (χ2n) is 7.01. The van der Waals surface area contributed by atoms with Gasteiger partial charge in [0, 0.05) is 0 Å². The Morgan fingerprint density at radius 2 is 1.76 bits per heavy atom. The van der Waals surface area contributed by atoms with Crippen molar-refractivity contribution < 1.29 is 4.74 Å². The van der Waals surface area contributed by atoms with E-state index in [4.69, 9.17) is 4.74 Å². The van der Waals surface area contributed by atoms with E-state index >= 15 is 0 Å². The van der Waals surface area contributed by atoms with Crippen LogP contribution in [-0.4, -0.2) is 7.11 Å². The number of rotatable bonds is 4. The predicted octanol–water partition coefficient (Wildman–Crippen LogP) is 7.15. The summed E-state index contributed by atoms with van der Waals surface area (Å²) in [4.78, 5) is 0. The van der Waals surface area contributed by atoms with Gasteiger partial charge in [-0.2, -0.15) is 0 Å². The molecule has 0 aromatic heterocycles. The van der Waals surface area contributed by atoms with Crippen LogP contribution in [0, 0.1) is 5.41 Å². The first-order valence-electron chi connectivity index (χ1n) is 9.53. The zero-order valence-electron chi connectivity index (χ0n) is 16.6. The van der Waals surface area contributed by atoms with Crippen molar-refractivity contribution >= 4 is 5.57 Å². The molecule has 2 aromatic rings. The van der Waals surface area contributed by atoms with Crippen LogP contribution < -0.4 is 4.74 Å². The van der Waals surface area contributed by atoms with Gasteiger partial charge >= 0.3 is 0 Å². The SMILES string of the molecule is CC.CCc1ccc(-c2cccc(OC)c2)c(C2=CCCC2(C)C)c1. The van der Waals surface area contributed by atoms with E-state index in [1.165, 1.54) is 40.7 Å². The summed E-state index contributed by atoms with van der Waals surface area (Å²) in [7, 11) is 1.73. The topological polar surface area (TPSA) is 9.23 Å². The van der Waals surface area contributed by atoms with Crippen molar-refractivity contribution in [3.05, 3.63) is 59.7 Å². The number of methoxy groups -OCH3 is 1. The lowest BCUT2D eigenvalue weighted by atomic mass is 9.79. The highest BCUT2D eigenvalue weighted by Crippen LogP contribution is 2.47. The summed E-state index contributed by atoms with van der Waals surface area (Å²) >= 11 is 0. The lowest BCUT2D eigenvalue weighted by Crippen LogP contribution is -2.10. The number of ether oxygens (including phenoxy) is 1. The molecular weight excluding hydrogens is 304 g/mol. The fourth-order valence-corrected chi connectivity index (χ4v) is 3.54. The molecule has 1 aliphatic rings. The minimum Gasteiger partial charge on any atom is -0.497 e. The van der Waals surface area contributed by atoms with Gasteiger partial charge in [-0.05, 0) is 64.6 Å². The third-order valence-corrected chi connectivity index (χ3v) is 5.01. The summed E-state index contributed by atoms with van der Waals surface area (Å²) < 4.78 is 5.41. The van der Waals surface area contributed by atoms with Crippen LogP contribution in [0.25, 0.3) is 16.7 Å². The highest BCUT2D eigenvalue weighted by Gasteiger charge is 2.29. The molecule has 134 valence electrons. The predicted molar refractivity (Wildman–Crippen MR) is 110 cm³/mol. The molecule has 0 amide bonds. The van der Waals surface area contributed by atoms with E-state index in [0.717, 1.165) is 12.2 Å². The monoisotopic (exact) mass is 336 g/mol. The summed E-state index contributed by atoms with van der Waals surface area (Å²) in [5, 5.41) is 0. The molecule has 0 atom stereocenters. The van der Waals surface area contributed by atoms with Crippen LogP contribution in [0.1, 0.15) is 58.6 Å². The van der Waals surface area contributed by atoms with E-state index in [0.29, 0.717) is 0 Å². The molecule has 0 spiro atoms. The third kappa shape index (κ3) is 4.15. The van der Waals surface area contributed by atoms with Gasteiger partial charge in [0.15, 0.2) is 0 Å². The minimum atomic E-state index is 0.250. The second-order valence-corrected chi connectivity index (χ2v) is 7.01. The summed E-state index contributed by atoms with van der Waals surface area (Å²) in [6.45, 7) is 10.9. The van der Waals surface area contributed by atoms with E-state index in [1.807, 2.05) is 19.9 Å². The fourth-order valence-electron chi connectivity index (χ4n) is 3.54. The van der Waals surface area contributed by atoms with Crippen molar-refractivity contribution in [2.75, 3.05) is 7.11 Å². The smallest absolute Gasteiger partial charge is 0.119 e. The van der Waals surface area contributed by atoms with Crippen LogP contribution in [-0.2, 0) is 6.42 Å². The highest BCUT2D eigenvalue weighted by molar-refractivity contribution is 5.85. The molecule has 0 unspecified atom stereocenters. The van der Waals surface area contributed by atoms with Crippen molar-refractivity contribution in [1.82, 2.24) is 0 Å². The maximum Gasteiger partial charge on any atom is 0.119 e. The van der Waals surface area contributed by atoms with Crippen molar-refractivity contribution in [2.24, 2.45) is 5.41 Å². The molecule has 1 aliphatic carbocycles. The molecule has 0 radical (unpaired) electrons. The maximum absolute atomic E-state index is 5.41. The first kappa shape index (κ1) is 19.3. The number of hydrogen-bond donors (Lipinski definition) is 0. The molecule has 0 N–H and O–H groups in total. The Morgan fingerprint density at radius 1 is 1.00 bits per heavy atom. The van der Waals surface area contributed by atoms with Gasteiger partial charge < -0.3 is 4.74 Å². The number of allylic oxidation sites excluding steroid dienone is 2. The third-order valence-electron chi connectivity index (χ3n) is 5.01. The summed E-state index contributed by atoms with van der Waals surface area (Å²) in [5.74, 6) is 0.910. The van der Waals surface area contributed by atoms with Crippen LogP contribution in [0.2, 0.25) is 0 Å². The maximum atomic E-state index is 5.41. The average Bonchev–Trinajstić information content (AvgIpc) is 3.01. The van der Waals surface area contributed by atoms with Crippen LogP contribution >= 0.6 is 0 Å². The highest BCUT2D eigenvalue weighted by atomic mass is 16.5. The first-order valence-corrected chi connectivity index (χ1v) is 9.53. The molecule has 0 heterocycles. The van der Waals surface area contributed by atoms with Gasteiger partial charge in [0.2, 0.25) is 0 Å². The molecule has 0 bridgehead atoms. The van der Waals surface area contributed by atoms with Gasteiger partial charge in [-0.15, -0.1) is 0 Å². The lowest BCUT2D eigenvalue weighted by Gasteiger charge is -2.25. The Hall–Kier alpha value is -2.02. The van der Waals surface area contributed by atoms with E-state index in [9.17, 15) is 0 Å². The molecule has 0 saturated heterocycles. The Morgan fingerprint density at radius 3 is 2.36 bits per heavy atom. The Labute approximate surface area is 153 Å². The van der Waals surface area contributed by atoms with Crippen molar-refractivity contribution in [3.63, 3.8) is 0 Å². The molecule has 0 fully saturated rings. The standard InChI is InChI=1S/C22H26O.C2H6/c1-5-16-11-12-19(17-8-6-9-18(15-17)23-4)20(14-16)21-10-7-13-22(21,2)3;1-2/h6,8-12,14-15H,5,7,13H2,1-4H3;1-2H3. The molecule has 3 rings (SSSR count). The normalized spacial score (nSPS) is 15.2. The molecule has 2 aromatic carbocycles. The van der Waals surface area contributed by atoms with E-state index in [2.05, 4.69) is 63.2 Å². The zero-order chi connectivity index (χ0) is 18.4. The van der Waals surface area contributed by atoms with Crippen molar-refractivity contribution in [2.45, 2.75) is 53.9 Å². The second kappa shape index (κ2) is 8.38. The van der Waals surface area contributed by atoms with Gasteiger partial charge in [0.05, 0.1) is 7.11 Å². The van der Waals surface area contributed by atoms with Crippen LogP contribution in [0.15, 0.2) is 48.5 Å². The van der Waals surface area contributed by atoms with E-state index in [1.54, 1.807) is 7.11 Å². The summed E-state index contributed by atoms with van der Waals surface area (Å²) in [6, 6.07) is 15.3. The summed E-state index contributed by atoms with van der Waals surface area (Å²) in [5.41, 5.74) is 7.06. The lowest BCUT2D eigenvalue weighted by molar-refractivity contribution is 0.415. The molecular formula is C24H32O. The van der Waals surface area contributed by atoms with Gasteiger partial charge in [0.25, 0.3) is 0 Å². The Kier molecular flexibility index (Phi) is 6.47. The Balaban J connectivity index is 0.00000109. The largest absolute Gasteiger partial charge is 0.497 e. The number of aryl methyl sites for hydroxylation is 1. The molecule has 25 heavy (non-hydrogen) atoms. The van der Waals surface area contributed by atoms with E-state index in [-0.39, 0.29) is 5.41 Å². The number of hydrogen-bond acceptors (Lipinski definition) is 1. The van der Waals surface area contributed by atoms with Gasteiger partial charge in [-0.1, -0.05) is 71.0 Å². The van der Waals surface area contributed by atoms with Gasteiger partial charge in [0.1, 0.15) is 5.75 Å². The van der Waals surface area contributed by atoms with Gasteiger partial charge in [-0.25, -0.2) is 0 Å². The van der Waals surface area contributed by atoms with Crippen molar-refractivity contribution in [3.8, 4) is 16.9 Å². The first-order chi connectivity index (χ1) is 12.0. The number of benzene rings is 2. The molecule has 1 heteroatoms. The van der Waals surface area contributed by atoms with Crippen LogP contribution in [0.3, 0.4) is 0 Å². The van der Waals surface area contributed by atoms with E-state index < -0.39 is 0 Å². The Bertz CT molecular complexity index is 738. The van der Waals surface area contributed by atoms with Gasteiger partial charge in [-0.3, -0.25) is 0 Å². The van der Waals surface area contributed by atoms with Crippen LogP contribution in [0.4, 0.5) is 0 Å². The molecule has 0 saturated carbocycles. The average molecular weight is 337 g/mol. The van der Waals surface area contributed by atoms with Crippen LogP contribution in [0.5, 0.6) is 5.75 Å². The molecule has 1 nitrogen and oxygen atoms in total. The quantitative estimate of drug-likeness (QED) is 0.576. The van der Waals surface area contributed by atoms with Crippen molar-refractivity contribution in [1.29, 1.82) is 0 Å². The minimum absolute atomic E-state index is 0.250. The summed E-state index contributed by atoms with van der Waals surface area (Å²) in [6.07, 6.45) is 5.91.